The van der Waals surface area contributed by atoms with Crippen LogP contribution < -0.4 is 9.47 Å². The molecule has 1 aliphatic heterocycles. The van der Waals surface area contributed by atoms with Gasteiger partial charge >= 0.3 is 5.97 Å². The molecule has 1 aliphatic rings. The number of carbonyl (C=O) groups is 1. The second-order valence-electron chi connectivity index (χ2n) is 5.79. The number of rotatable bonds is 6. The van der Waals surface area contributed by atoms with Gasteiger partial charge in [0.05, 0.1) is 13.0 Å². The van der Waals surface area contributed by atoms with Crippen molar-refractivity contribution in [3.8, 4) is 11.5 Å². The second kappa shape index (κ2) is 7.04. The molecule has 0 saturated heterocycles. The molecular formula is C18H20O4S. The molecular weight excluding hydrogens is 312 g/mol. The zero-order valence-corrected chi connectivity index (χ0v) is 14.2. The molecule has 0 atom stereocenters. The van der Waals surface area contributed by atoms with Crippen LogP contribution in [0.2, 0.25) is 0 Å². The SMILES string of the molecule is CC(C)c1cc2c(cc1CCOC(=O)Cc1cccs1)OCO2. The number of hydrogen-bond donors (Lipinski definition) is 0. The first-order chi connectivity index (χ1) is 11.1. The van der Waals surface area contributed by atoms with Gasteiger partial charge in [0, 0.05) is 11.3 Å². The van der Waals surface area contributed by atoms with Crippen molar-refractivity contribution in [3.05, 3.63) is 45.6 Å². The lowest BCUT2D eigenvalue weighted by Gasteiger charge is -2.14. The Morgan fingerprint density at radius 3 is 2.78 bits per heavy atom. The molecule has 0 saturated carbocycles. The summed E-state index contributed by atoms with van der Waals surface area (Å²) in [5.41, 5.74) is 2.36. The van der Waals surface area contributed by atoms with Crippen LogP contribution in [0.3, 0.4) is 0 Å². The Morgan fingerprint density at radius 1 is 1.30 bits per heavy atom. The number of esters is 1. The molecule has 23 heavy (non-hydrogen) atoms. The fraction of sp³-hybridized carbons (Fsp3) is 0.389. The van der Waals surface area contributed by atoms with Gasteiger partial charge in [0.25, 0.3) is 0 Å². The highest BCUT2D eigenvalue weighted by Gasteiger charge is 2.18. The van der Waals surface area contributed by atoms with Crippen LogP contribution in [0.25, 0.3) is 0 Å². The van der Waals surface area contributed by atoms with E-state index >= 15 is 0 Å². The Labute approximate surface area is 140 Å². The molecule has 0 N–H and O–H groups in total. The van der Waals surface area contributed by atoms with E-state index in [9.17, 15) is 4.79 Å². The summed E-state index contributed by atoms with van der Waals surface area (Å²) >= 11 is 1.57. The number of benzene rings is 1. The first-order valence-corrected chi connectivity index (χ1v) is 8.62. The third-order valence-electron chi connectivity index (χ3n) is 3.79. The molecule has 0 fully saturated rings. The highest BCUT2D eigenvalue weighted by atomic mass is 32.1. The number of hydrogen-bond acceptors (Lipinski definition) is 5. The monoisotopic (exact) mass is 332 g/mol. The molecule has 0 bridgehead atoms. The minimum atomic E-state index is -0.181. The molecule has 4 nitrogen and oxygen atoms in total. The van der Waals surface area contributed by atoms with Crippen LogP contribution in [0.4, 0.5) is 0 Å². The number of thiophene rings is 1. The number of ether oxygens (including phenoxy) is 3. The summed E-state index contributed by atoms with van der Waals surface area (Å²) in [5.74, 6) is 1.77. The molecule has 0 unspecified atom stereocenters. The molecule has 5 heteroatoms. The standard InChI is InChI=1S/C18H20O4S/c1-12(2)15-10-17-16(21-11-22-17)8-13(15)5-6-20-18(19)9-14-4-3-7-23-14/h3-4,7-8,10,12H,5-6,9,11H2,1-2H3. The average Bonchev–Trinajstić information content (AvgIpc) is 3.16. The summed E-state index contributed by atoms with van der Waals surface area (Å²) in [6.07, 6.45) is 1.02. The minimum Gasteiger partial charge on any atom is -0.465 e. The fourth-order valence-electron chi connectivity index (χ4n) is 2.64. The predicted octanol–water partition coefficient (Wildman–Crippen LogP) is 3.93. The van der Waals surface area contributed by atoms with Crippen molar-refractivity contribution >= 4 is 17.3 Å². The maximum absolute atomic E-state index is 11.8. The maximum atomic E-state index is 11.8. The molecule has 1 aromatic carbocycles. The maximum Gasteiger partial charge on any atom is 0.311 e. The lowest BCUT2D eigenvalue weighted by atomic mass is 9.95. The van der Waals surface area contributed by atoms with Gasteiger partial charge in [-0.15, -0.1) is 11.3 Å². The smallest absolute Gasteiger partial charge is 0.311 e. The van der Waals surface area contributed by atoms with Gasteiger partial charge < -0.3 is 14.2 Å². The lowest BCUT2D eigenvalue weighted by molar-refractivity contribution is -0.142. The molecule has 2 aromatic rings. The summed E-state index contributed by atoms with van der Waals surface area (Å²) < 4.78 is 16.3. The zero-order valence-electron chi connectivity index (χ0n) is 13.3. The molecule has 122 valence electrons. The highest BCUT2D eigenvalue weighted by molar-refractivity contribution is 7.10. The second-order valence-corrected chi connectivity index (χ2v) is 6.82. The van der Waals surface area contributed by atoms with Gasteiger partial charge in [-0.2, -0.15) is 0 Å². The topological polar surface area (TPSA) is 44.8 Å². The van der Waals surface area contributed by atoms with Crippen LogP contribution >= 0.6 is 11.3 Å². The van der Waals surface area contributed by atoms with Crippen molar-refractivity contribution in [1.82, 2.24) is 0 Å². The van der Waals surface area contributed by atoms with Crippen molar-refractivity contribution in [2.24, 2.45) is 0 Å². The lowest BCUT2D eigenvalue weighted by Crippen LogP contribution is -2.10. The van der Waals surface area contributed by atoms with Crippen LogP contribution in [0, 0.1) is 0 Å². The summed E-state index contributed by atoms with van der Waals surface area (Å²) in [4.78, 5) is 12.9. The van der Waals surface area contributed by atoms with E-state index < -0.39 is 0 Å². The van der Waals surface area contributed by atoms with Crippen molar-refractivity contribution < 1.29 is 19.0 Å². The van der Waals surface area contributed by atoms with Gasteiger partial charge in [0.15, 0.2) is 11.5 Å². The first-order valence-electron chi connectivity index (χ1n) is 7.74. The number of carbonyl (C=O) groups excluding carboxylic acids is 1. The Bertz CT molecular complexity index is 677. The van der Waals surface area contributed by atoms with E-state index in [1.54, 1.807) is 11.3 Å². The summed E-state index contributed by atoms with van der Waals surface area (Å²) in [6.45, 7) is 4.93. The molecule has 2 heterocycles. The number of fused-ring (bicyclic) bond motifs is 1. The average molecular weight is 332 g/mol. The predicted molar refractivity (Wildman–Crippen MR) is 89.3 cm³/mol. The molecule has 0 spiro atoms. The van der Waals surface area contributed by atoms with E-state index in [2.05, 4.69) is 13.8 Å². The summed E-state index contributed by atoms with van der Waals surface area (Å²) in [7, 11) is 0. The van der Waals surface area contributed by atoms with Crippen molar-refractivity contribution in [2.75, 3.05) is 13.4 Å². The van der Waals surface area contributed by atoms with Gasteiger partial charge in [-0.25, -0.2) is 0 Å². The van der Waals surface area contributed by atoms with Crippen molar-refractivity contribution in [1.29, 1.82) is 0 Å². The van der Waals surface area contributed by atoms with E-state index in [4.69, 9.17) is 14.2 Å². The zero-order chi connectivity index (χ0) is 16.2. The van der Waals surface area contributed by atoms with E-state index in [1.165, 1.54) is 5.56 Å². The van der Waals surface area contributed by atoms with Crippen LogP contribution in [-0.2, 0) is 22.4 Å². The molecule has 0 amide bonds. The van der Waals surface area contributed by atoms with Crippen molar-refractivity contribution in [3.63, 3.8) is 0 Å². The highest BCUT2D eigenvalue weighted by Crippen LogP contribution is 2.37. The normalized spacial score (nSPS) is 12.7. The third kappa shape index (κ3) is 3.85. The van der Waals surface area contributed by atoms with Crippen molar-refractivity contribution in [2.45, 2.75) is 32.6 Å². The Kier molecular flexibility index (Phi) is 4.86. The van der Waals surface area contributed by atoms with E-state index in [-0.39, 0.29) is 12.8 Å². The minimum absolute atomic E-state index is 0.181. The first kappa shape index (κ1) is 15.9. The van der Waals surface area contributed by atoms with Crippen LogP contribution in [0.5, 0.6) is 11.5 Å². The molecule has 1 aromatic heterocycles. The van der Waals surface area contributed by atoms with Gasteiger partial charge in [0.1, 0.15) is 0 Å². The Morgan fingerprint density at radius 2 is 2.09 bits per heavy atom. The van der Waals surface area contributed by atoms with Gasteiger partial charge in [-0.05, 0) is 40.6 Å². The Balaban J connectivity index is 1.60. The fourth-order valence-corrected chi connectivity index (χ4v) is 3.33. The van der Waals surface area contributed by atoms with Crippen LogP contribution in [0.15, 0.2) is 29.6 Å². The van der Waals surface area contributed by atoms with Gasteiger partial charge in [-0.3, -0.25) is 4.79 Å². The third-order valence-corrected chi connectivity index (χ3v) is 4.67. The van der Waals surface area contributed by atoms with E-state index in [0.717, 1.165) is 21.9 Å². The van der Waals surface area contributed by atoms with Crippen LogP contribution in [-0.4, -0.2) is 19.4 Å². The van der Waals surface area contributed by atoms with E-state index in [1.807, 2.05) is 29.6 Å². The summed E-state index contributed by atoms with van der Waals surface area (Å²) in [5, 5.41) is 1.96. The Hall–Kier alpha value is -2.01. The van der Waals surface area contributed by atoms with Gasteiger partial charge in [0.2, 0.25) is 6.79 Å². The largest absolute Gasteiger partial charge is 0.465 e. The molecule has 3 rings (SSSR count). The molecule has 0 radical (unpaired) electrons. The molecule has 0 aliphatic carbocycles. The van der Waals surface area contributed by atoms with E-state index in [0.29, 0.717) is 25.4 Å². The van der Waals surface area contributed by atoms with Crippen LogP contribution in [0.1, 0.15) is 35.8 Å². The van der Waals surface area contributed by atoms with Gasteiger partial charge in [-0.1, -0.05) is 19.9 Å². The summed E-state index contributed by atoms with van der Waals surface area (Å²) in [6, 6.07) is 7.93. The quantitative estimate of drug-likeness (QED) is 0.752.